The van der Waals surface area contributed by atoms with Gasteiger partial charge in [0, 0.05) is 6.42 Å². The minimum Gasteiger partial charge on any atom is -0.464 e. The molecule has 138 valence electrons. The zero-order valence-electron chi connectivity index (χ0n) is 15.4. The quantitative estimate of drug-likeness (QED) is 0.663. The molecule has 1 fully saturated rings. The van der Waals surface area contributed by atoms with E-state index >= 15 is 0 Å². The first-order valence-corrected chi connectivity index (χ1v) is 9.11. The number of carbonyl (C=O) groups excluding carboxylic acids is 3. The molecule has 2 atom stereocenters. The Labute approximate surface area is 145 Å². The van der Waals surface area contributed by atoms with Gasteiger partial charge in [-0.2, -0.15) is 0 Å². The average Bonchev–Trinajstić information content (AvgIpc) is 2.52. The highest BCUT2D eigenvalue weighted by atomic mass is 16.5. The van der Waals surface area contributed by atoms with E-state index in [1.165, 1.54) is 6.42 Å². The smallest absolute Gasteiger partial charge is 0.328 e. The van der Waals surface area contributed by atoms with Gasteiger partial charge in [-0.05, 0) is 38.5 Å². The van der Waals surface area contributed by atoms with Gasteiger partial charge in [0.05, 0.1) is 6.61 Å². The SMILES string of the molecule is CCOC(=O)[C@H](C)NC(=O)C(NC(=O)CC(C)C)C1CCCCC1. The molecular formula is C18H32N2O4. The van der Waals surface area contributed by atoms with E-state index < -0.39 is 18.1 Å². The van der Waals surface area contributed by atoms with Crippen molar-refractivity contribution in [2.45, 2.75) is 78.3 Å². The summed E-state index contributed by atoms with van der Waals surface area (Å²) in [6.45, 7) is 7.54. The van der Waals surface area contributed by atoms with Crippen LogP contribution in [0.25, 0.3) is 0 Å². The maximum absolute atomic E-state index is 12.6. The molecule has 0 saturated heterocycles. The second-order valence-electron chi connectivity index (χ2n) is 7.02. The monoisotopic (exact) mass is 340 g/mol. The summed E-state index contributed by atoms with van der Waals surface area (Å²) in [6.07, 6.45) is 5.56. The van der Waals surface area contributed by atoms with Crippen molar-refractivity contribution in [1.29, 1.82) is 0 Å². The molecule has 2 N–H and O–H groups in total. The first-order chi connectivity index (χ1) is 11.3. The molecule has 0 aromatic heterocycles. The van der Waals surface area contributed by atoms with Crippen LogP contribution in [-0.4, -0.2) is 36.5 Å². The Kier molecular flexibility index (Phi) is 8.79. The van der Waals surface area contributed by atoms with E-state index in [4.69, 9.17) is 4.74 Å². The van der Waals surface area contributed by atoms with Gasteiger partial charge in [-0.15, -0.1) is 0 Å². The van der Waals surface area contributed by atoms with Gasteiger partial charge in [-0.25, -0.2) is 4.79 Å². The maximum atomic E-state index is 12.6. The Morgan fingerprint density at radius 1 is 1.04 bits per heavy atom. The third kappa shape index (κ3) is 6.89. The molecule has 0 radical (unpaired) electrons. The second kappa shape index (κ2) is 10.3. The Morgan fingerprint density at radius 3 is 2.21 bits per heavy atom. The van der Waals surface area contributed by atoms with Crippen LogP contribution in [0.1, 0.15) is 66.2 Å². The Bertz CT molecular complexity index is 431. The number of carbonyl (C=O) groups is 3. The van der Waals surface area contributed by atoms with Gasteiger partial charge >= 0.3 is 5.97 Å². The predicted octanol–water partition coefficient (Wildman–Crippen LogP) is 2.17. The lowest BCUT2D eigenvalue weighted by molar-refractivity contribution is -0.147. The summed E-state index contributed by atoms with van der Waals surface area (Å²) < 4.78 is 4.92. The maximum Gasteiger partial charge on any atom is 0.328 e. The molecule has 0 heterocycles. The minimum atomic E-state index is -0.717. The molecule has 24 heavy (non-hydrogen) atoms. The highest BCUT2D eigenvalue weighted by Crippen LogP contribution is 2.27. The zero-order chi connectivity index (χ0) is 18.1. The third-order valence-corrected chi connectivity index (χ3v) is 4.31. The van der Waals surface area contributed by atoms with Gasteiger partial charge in [0.25, 0.3) is 0 Å². The van der Waals surface area contributed by atoms with E-state index in [0.717, 1.165) is 25.7 Å². The van der Waals surface area contributed by atoms with Crippen LogP contribution in [0.3, 0.4) is 0 Å². The van der Waals surface area contributed by atoms with Crippen molar-refractivity contribution >= 4 is 17.8 Å². The van der Waals surface area contributed by atoms with Gasteiger partial charge in [0.15, 0.2) is 0 Å². The normalized spacial score (nSPS) is 17.9. The number of nitrogens with one attached hydrogen (secondary N) is 2. The van der Waals surface area contributed by atoms with Gasteiger partial charge in [0.1, 0.15) is 12.1 Å². The molecule has 0 bridgehead atoms. The lowest BCUT2D eigenvalue weighted by Gasteiger charge is -2.31. The second-order valence-corrected chi connectivity index (χ2v) is 7.02. The molecule has 1 saturated carbocycles. The van der Waals surface area contributed by atoms with E-state index in [-0.39, 0.29) is 30.3 Å². The van der Waals surface area contributed by atoms with E-state index in [0.29, 0.717) is 6.42 Å². The van der Waals surface area contributed by atoms with E-state index in [2.05, 4.69) is 10.6 Å². The van der Waals surface area contributed by atoms with Crippen molar-refractivity contribution in [3.63, 3.8) is 0 Å². The van der Waals surface area contributed by atoms with Crippen molar-refractivity contribution in [2.24, 2.45) is 11.8 Å². The van der Waals surface area contributed by atoms with Crippen LogP contribution < -0.4 is 10.6 Å². The van der Waals surface area contributed by atoms with Crippen molar-refractivity contribution in [1.82, 2.24) is 10.6 Å². The first kappa shape index (κ1) is 20.5. The number of esters is 1. The summed E-state index contributed by atoms with van der Waals surface area (Å²) in [4.78, 5) is 36.5. The van der Waals surface area contributed by atoms with Crippen molar-refractivity contribution in [3.8, 4) is 0 Å². The Balaban J connectivity index is 2.73. The standard InChI is InChI=1S/C18H32N2O4/c1-5-24-18(23)13(4)19-17(22)16(14-9-7-6-8-10-14)20-15(21)11-12(2)3/h12-14,16H,5-11H2,1-4H3,(H,19,22)(H,20,21)/t13-,16?/m0/s1. The highest BCUT2D eigenvalue weighted by Gasteiger charge is 2.32. The average molecular weight is 340 g/mol. The first-order valence-electron chi connectivity index (χ1n) is 9.11. The van der Waals surface area contributed by atoms with Gasteiger partial charge in [-0.1, -0.05) is 33.1 Å². The molecule has 1 aliphatic rings. The Morgan fingerprint density at radius 2 is 1.67 bits per heavy atom. The molecule has 1 aliphatic carbocycles. The topological polar surface area (TPSA) is 84.5 Å². The number of ether oxygens (including phenoxy) is 1. The molecule has 0 aromatic rings. The number of hydrogen-bond acceptors (Lipinski definition) is 4. The van der Waals surface area contributed by atoms with Crippen LogP contribution >= 0.6 is 0 Å². The van der Waals surface area contributed by atoms with Crippen LogP contribution in [-0.2, 0) is 19.1 Å². The molecule has 0 aromatic carbocycles. The summed E-state index contributed by atoms with van der Waals surface area (Å²) in [5.74, 6) is -0.497. The van der Waals surface area contributed by atoms with Gasteiger partial charge < -0.3 is 15.4 Å². The third-order valence-electron chi connectivity index (χ3n) is 4.31. The van der Waals surface area contributed by atoms with Crippen LogP contribution in [0.2, 0.25) is 0 Å². The Hall–Kier alpha value is -1.59. The molecular weight excluding hydrogens is 308 g/mol. The molecule has 2 amide bonds. The fourth-order valence-corrected chi connectivity index (χ4v) is 3.10. The van der Waals surface area contributed by atoms with E-state index in [9.17, 15) is 14.4 Å². The summed E-state index contributed by atoms with van der Waals surface area (Å²) in [6, 6.07) is -1.29. The minimum absolute atomic E-state index is 0.112. The zero-order valence-corrected chi connectivity index (χ0v) is 15.4. The molecule has 6 nitrogen and oxygen atoms in total. The molecule has 6 heteroatoms. The van der Waals surface area contributed by atoms with Gasteiger partial charge in [-0.3, -0.25) is 9.59 Å². The summed E-state index contributed by atoms with van der Waals surface area (Å²) in [5.41, 5.74) is 0. The van der Waals surface area contributed by atoms with E-state index in [1.54, 1.807) is 13.8 Å². The van der Waals surface area contributed by atoms with Crippen LogP contribution in [0.4, 0.5) is 0 Å². The van der Waals surface area contributed by atoms with Crippen molar-refractivity contribution in [3.05, 3.63) is 0 Å². The fraction of sp³-hybridized carbons (Fsp3) is 0.833. The highest BCUT2D eigenvalue weighted by molar-refractivity contribution is 5.90. The van der Waals surface area contributed by atoms with Crippen LogP contribution in [0.15, 0.2) is 0 Å². The molecule has 0 aliphatic heterocycles. The number of hydrogen-bond donors (Lipinski definition) is 2. The number of amides is 2. The molecule has 1 rings (SSSR count). The fourth-order valence-electron chi connectivity index (χ4n) is 3.10. The molecule has 0 spiro atoms. The summed E-state index contributed by atoms with van der Waals surface area (Å²) in [7, 11) is 0. The number of rotatable bonds is 8. The van der Waals surface area contributed by atoms with E-state index in [1.807, 2.05) is 13.8 Å². The predicted molar refractivity (Wildman–Crippen MR) is 92.2 cm³/mol. The van der Waals surface area contributed by atoms with Gasteiger partial charge in [0.2, 0.25) is 11.8 Å². The van der Waals surface area contributed by atoms with Crippen LogP contribution in [0, 0.1) is 11.8 Å². The van der Waals surface area contributed by atoms with Crippen molar-refractivity contribution in [2.75, 3.05) is 6.61 Å². The lowest BCUT2D eigenvalue weighted by Crippen LogP contribution is -2.54. The summed E-state index contributed by atoms with van der Waals surface area (Å²) >= 11 is 0. The summed E-state index contributed by atoms with van der Waals surface area (Å²) in [5, 5.41) is 5.58. The lowest BCUT2D eigenvalue weighted by atomic mass is 9.83. The molecule has 1 unspecified atom stereocenters. The van der Waals surface area contributed by atoms with Crippen LogP contribution in [0.5, 0.6) is 0 Å². The van der Waals surface area contributed by atoms with Crippen molar-refractivity contribution < 1.29 is 19.1 Å². The largest absolute Gasteiger partial charge is 0.464 e.